The molecule has 0 saturated carbocycles. The van der Waals surface area contributed by atoms with Crippen molar-refractivity contribution < 1.29 is 4.79 Å². The minimum absolute atomic E-state index is 0.0595. The molecule has 45 heavy (non-hydrogen) atoms. The van der Waals surface area contributed by atoms with Crippen LogP contribution in [0.4, 0.5) is 0 Å². The van der Waals surface area contributed by atoms with E-state index in [4.69, 9.17) is 4.98 Å². The maximum absolute atomic E-state index is 13.8. The first-order valence-electron chi connectivity index (χ1n) is 16.3. The Kier molecular flexibility index (Phi) is 8.14. The molecular formula is C35H43N9O. The molecule has 5 heterocycles. The minimum Gasteiger partial charge on any atom is -0.344 e. The number of likely N-dealkylation sites (N-methyl/N-ethyl adjacent to an activating group) is 1. The number of carbonyl (C=O) groups is 1. The van der Waals surface area contributed by atoms with Gasteiger partial charge in [-0.15, -0.1) is 0 Å². The van der Waals surface area contributed by atoms with Crippen LogP contribution in [0.25, 0.3) is 33.6 Å². The van der Waals surface area contributed by atoms with Crippen LogP contribution in [0.5, 0.6) is 0 Å². The lowest BCUT2D eigenvalue weighted by Gasteiger charge is -2.31. The molecule has 3 aliphatic rings. The van der Waals surface area contributed by atoms with Crippen molar-refractivity contribution in [3.05, 3.63) is 72.6 Å². The van der Waals surface area contributed by atoms with Crippen molar-refractivity contribution in [3.8, 4) is 33.6 Å². The van der Waals surface area contributed by atoms with E-state index in [1.807, 2.05) is 24.3 Å². The third kappa shape index (κ3) is 5.99. The van der Waals surface area contributed by atoms with E-state index in [0.717, 1.165) is 96.7 Å². The van der Waals surface area contributed by atoms with Crippen molar-refractivity contribution in [1.82, 2.24) is 40.4 Å². The van der Waals surface area contributed by atoms with Gasteiger partial charge in [0.15, 0.2) is 5.96 Å². The van der Waals surface area contributed by atoms with E-state index >= 15 is 0 Å². The number of carbonyl (C=O) groups excluding carboxylic acids is 1. The summed E-state index contributed by atoms with van der Waals surface area (Å²) in [4.78, 5) is 38.9. The molecule has 7 rings (SSSR count). The van der Waals surface area contributed by atoms with Crippen molar-refractivity contribution in [2.75, 3.05) is 33.2 Å². The van der Waals surface area contributed by atoms with Gasteiger partial charge < -0.3 is 30.4 Å². The first-order chi connectivity index (χ1) is 21.9. The summed E-state index contributed by atoms with van der Waals surface area (Å²) < 4.78 is 0. The van der Waals surface area contributed by atoms with Crippen LogP contribution in [-0.4, -0.2) is 80.9 Å². The van der Waals surface area contributed by atoms with Gasteiger partial charge in [0.1, 0.15) is 17.7 Å². The highest BCUT2D eigenvalue weighted by Gasteiger charge is 2.37. The maximum Gasteiger partial charge on any atom is 0.246 e. The highest BCUT2D eigenvalue weighted by molar-refractivity contribution is 5.90. The Hall–Kier alpha value is -4.44. The first kappa shape index (κ1) is 29.3. The number of guanidine groups is 1. The van der Waals surface area contributed by atoms with E-state index in [1.165, 1.54) is 6.42 Å². The van der Waals surface area contributed by atoms with Crippen LogP contribution >= 0.6 is 0 Å². The molecule has 0 radical (unpaired) electrons. The fraction of sp³-hybridized carbons (Fsp3) is 0.429. The van der Waals surface area contributed by atoms with Gasteiger partial charge in [-0.1, -0.05) is 62.4 Å². The largest absolute Gasteiger partial charge is 0.344 e. The van der Waals surface area contributed by atoms with E-state index in [1.54, 1.807) is 0 Å². The molecule has 10 heteroatoms. The Labute approximate surface area is 264 Å². The van der Waals surface area contributed by atoms with E-state index in [2.05, 4.69) is 97.9 Å². The number of rotatable bonds is 8. The molecular weight excluding hydrogens is 562 g/mol. The summed E-state index contributed by atoms with van der Waals surface area (Å²) in [6, 6.07) is 17.1. The first-order valence-corrected chi connectivity index (χ1v) is 16.3. The molecule has 1 unspecified atom stereocenters. The quantitative estimate of drug-likeness (QED) is 0.221. The average molecular weight is 606 g/mol. The van der Waals surface area contributed by atoms with E-state index in [9.17, 15) is 4.79 Å². The van der Waals surface area contributed by atoms with E-state index in [-0.39, 0.29) is 23.9 Å². The van der Waals surface area contributed by atoms with E-state index in [0.29, 0.717) is 6.04 Å². The number of benzene rings is 2. The number of aliphatic imine (C=N–C) groups is 1. The molecule has 0 bridgehead atoms. The molecule has 4 aromatic rings. The van der Waals surface area contributed by atoms with Gasteiger partial charge in [-0.25, -0.2) is 9.97 Å². The predicted molar refractivity (Wildman–Crippen MR) is 177 cm³/mol. The summed E-state index contributed by atoms with van der Waals surface area (Å²) >= 11 is 0. The molecule has 10 nitrogen and oxygen atoms in total. The van der Waals surface area contributed by atoms with Gasteiger partial charge in [0.2, 0.25) is 5.91 Å². The number of likely N-dealkylation sites (tertiary alicyclic amines) is 1. The number of H-pyrrole nitrogens is 2. The SMILES string of the molecule is CC(C)[C@H](NC1=NCCN1C)C(=O)N1CCC[C@H]1c1ncc(-c2ccc(-c3ccc(-c4cnc(C5CCCN5)[nH]4)cc3)cc2)[nH]1. The molecule has 3 aliphatic heterocycles. The van der Waals surface area contributed by atoms with Gasteiger partial charge in [-0.05, 0) is 60.4 Å². The molecule has 3 atom stereocenters. The van der Waals surface area contributed by atoms with E-state index < -0.39 is 0 Å². The number of aromatic nitrogens is 4. The highest BCUT2D eigenvalue weighted by atomic mass is 16.2. The molecule has 2 aromatic carbocycles. The van der Waals surface area contributed by atoms with Crippen LogP contribution in [0.1, 0.15) is 63.3 Å². The number of hydrogen-bond donors (Lipinski definition) is 4. The molecule has 2 saturated heterocycles. The van der Waals surface area contributed by atoms with Gasteiger partial charge in [0.05, 0.1) is 42.4 Å². The molecule has 4 N–H and O–H groups in total. The van der Waals surface area contributed by atoms with Gasteiger partial charge >= 0.3 is 0 Å². The van der Waals surface area contributed by atoms with Crippen LogP contribution in [0.2, 0.25) is 0 Å². The van der Waals surface area contributed by atoms with Crippen LogP contribution in [-0.2, 0) is 4.79 Å². The Morgan fingerprint density at radius 1 is 0.844 bits per heavy atom. The second kappa shape index (κ2) is 12.5. The summed E-state index contributed by atoms with van der Waals surface area (Å²) in [5, 5.41) is 6.94. The zero-order valence-electron chi connectivity index (χ0n) is 26.4. The average Bonchev–Trinajstić information content (AvgIpc) is 3.90. The van der Waals surface area contributed by atoms with Crippen LogP contribution < -0.4 is 10.6 Å². The third-order valence-corrected chi connectivity index (χ3v) is 9.43. The lowest BCUT2D eigenvalue weighted by Crippen LogP contribution is -2.53. The lowest BCUT2D eigenvalue weighted by molar-refractivity contribution is -0.135. The van der Waals surface area contributed by atoms with Gasteiger partial charge in [0.25, 0.3) is 0 Å². The second-order valence-electron chi connectivity index (χ2n) is 12.9. The predicted octanol–water partition coefficient (Wildman–Crippen LogP) is 5.14. The number of hydrogen-bond acceptors (Lipinski definition) is 7. The number of amides is 1. The molecule has 0 spiro atoms. The summed E-state index contributed by atoms with van der Waals surface area (Å²) in [7, 11) is 2.01. The summed E-state index contributed by atoms with van der Waals surface area (Å²) in [5.74, 6) is 2.92. The highest BCUT2D eigenvalue weighted by Crippen LogP contribution is 2.33. The maximum atomic E-state index is 13.8. The smallest absolute Gasteiger partial charge is 0.246 e. The van der Waals surface area contributed by atoms with Gasteiger partial charge in [0, 0.05) is 20.1 Å². The zero-order valence-corrected chi connectivity index (χ0v) is 26.4. The monoisotopic (exact) mass is 605 g/mol. The molecule has 1 amide bonds. The Morgan fingerprint density at radius 2 is 1.47 bits per heavy atom. The Morgan fingerprint density at radius 3 is 2.04 bits per heavy atom. The summed E-state index contributed by atoms with van der Waals surface area (Å²) in [5.41, 5.74) is 6.52. The Balaban J connectivity index is 1.02. The summed E-state index contributed by atoms with van der Waals surface area (Å²) in [6.45, 7) is 7.60. The zero-order chi connectivity index (χ0) is 30.9. The number of nitrogens with one attached hydrogen (secondary N) is 4. The van der Waals surface area contributed by atoms with Crippen molar-refractivity contribution in [1.29, 1.82) is 0 Å². The van der Waals surface area contributed by atoms with Crippen molar-refractivity contribution in [3.63, 3.8) is 0 Å². The third-order valence-electron chi connectivity index (χ3n) is 9.43. The molecule has 0 aliphatic carbocycles. The standard InChI is InChI=1S/C35H43N9O/c1-22(2)31(42-35-37-17-19-43(35)3)34(45)44-18-5-7-30(44)33-39-21-29(41-33)26-14-10-24(11-15-26)23-8-12-25(13-9-23)28-20-38-32(40-28)27-6-4-16-36-27/h8-15,20-22,27,30-31,36H,4-7,16-19H2,1-3H3,(H,37,42)(H,38,40)(H,39,41)/t27?,30-,31-/m0/s1. The fourth-order valence-electron chi connectivity index (χ4n) is 6.75. The van der Waals surface area contributed by atoms with Crippen molar-refractivity contribution in [2.24, 2.45) is 10.9 Å². The number of imidazole rings is 2. The molecule has 234 valence electrons. The summed E-state index contributed by atoms with van der Waals surface area (Å²) in [6.07, 6.45) is 8.01. The fourth-order valence-corrected chi connectivity index (χ4v) is 6.75. The van der Waals surface area contributed by atoms with Crippen molar-refractivity contribution in [2.45, 2.75) is 57.7 Å². The molecule has 2 fully saturated rings. The van der Waals surface area contributed by atoms with Gasteiger partial charge in [-0.3, -0.25) is 9.79 Å². The molecule has 2 aromatic heterocycles. The lowest BCUT2D eigenvalue weighted by atomic mass is 10.0. The van der Waals surface area contributed by atoms with Crippen LogP contribution in [0.3, 0.4) is 0 Å². The number of nitrogens with zero attached hydrogens (tertiary/aromatic N) is 5. The number of aromatic amines is 2. The van der Waals surface area contributed by atoms with Gasteiger partial charge in [-0.2, -0.15) is 0 Å². The minimum atomic E-state index is -0.327. The normalized spacial score (nSPS) is 20.7. The van der Waals surface area contributed by atoms with Crippen LogP contribution in [0.15, 0.2) is 65.9 Å². The van der Waals surface area contributed by atoms with Crippen molar-refractivity contribution >= 4 is 11.9 Å². The second-order valence-corrected chi connectivity index (χ2v) is 12.9. The topological polar surface area (TPSA) is 117 Å². The Bertz CT molecular complexity index is 1650. The van der Waals surface area contributed by atoms with Crippen LogP contribution in [0, 0.1) is 5.92 Å².